The number of likely N-dealkylation sites (tertiary alicyclic amines) is 1. The van der Waals surface area contributed by atoms with Gasteiger partial charge in [0.15, 0.2) is 0 Å². The van der Waals surface area contributed by atoms with Crippen LogP contribution < -0.4 is 5.73 Å². The van der Waals surface area contributed by atoms with Crippen LogP contribution in [-0.4, -0.2) is 46.8 Å². The number of amidine groups is 2. The third kappa shape index (κ3) is 5.24. The number of rotatable bonds is 7. The predicted molar refractivity (Wildman–Crippen MR) is 117 cm³/mol. The zero-order valence-electron chi connectivity index (χ0n) is 17.1. The molecule has 0 amide bonds. The number of aromatic carboxylic acids is 1. The highest BCUT2D eigenvalue weighted by molar-refractivity contribution is 5.96. The van der Waals surface area contributed by atoms with Crippen LogP contribution in [0, 0.1) is 10.8 Å². The fourth-order valence-electron chi connectivity index (χ4n) is 3.66. The van der Waals surface area contributed by atoms with Gasteiger partial charge in [-0.1, -0.05) is 25.1 Å². The lowest BCUT2D eigenvalue weighted by molar-refractivity contribution is 0.00804. The molecule has 158 valence electrons. The maximum atomic E-state index is 11.6. The van der Waals surface area contributed by atoms with Crippen molar-refractivity contribution in [2.24, 2.45) is 5.73 Å². The summed E-state index contributed by atoms with van der Waals surface area (Å²) >= 11 is 0. The van der Waals surface area contributed by atoms with Crippen LogP contribution in [0.15, 0.2) is 42.5 Å². The van der Waals surface area contributed by atoms with Crippen molar-refractivity contribution in [3.05, 3.63) is 59.2 Å². The van der Waals surface area contributed by atoms with Gasteiger partial charge in [0, 0.05) is 25.1 Å². The van der Waals surface area contributed by atoms with Gasteiger partial charge in [0.1, 0.15) is 5.84 Å². The summed E-state index contributed by atoms with van der Waals surface area (Å²) in [5.41, 5.74) is 8.73. The number of hydrogen-bond donors (Lipinski definition) is 4. The lowest BCUT2D eigenvalue weighted by atomic mass is 9.98. The highest BCUT2D eigenvalue weighted by Crippen LogP contribution is 2.25. The van der Waals surface area contributed by atoms with E-state index in [2.05, 4.69) is 4.90 Å². The summed E-state index contributed by atoms with van der Waals surface area (Å²) in [7, 11) is 0. The average Bonchev–Trinajstić information content (AvgIpc) is 2.77. The molecular formula is C23H28N4O3. The van der Waals surface area contributed by atoms with Crippen molar-refractivity contribution in [1.82, 2.24) is 4.90 Å². The fraction of sp³-hybridized carbons (Fsp3) is 0.348. The third-order valence-electron chi connectivity index (χ3n) is 5.39. The Labute approximate surface area is 176 Å². The number of carboxylic acid groups (broad SMARTS) is 1. The summed E-state index contributed by atoms with van der Waals surface area (Å²) in [5.74, 6) is -0.357. The van der Waals surface area contributed by atoms with Crippen molar-refractivity contribution < 1.29 is 14.6 Å². The van der Waals surface area contributed by atoms with Gasteiger partial charge in [0.2, 0.25) is 0 Å². The zero-order chi connectivity index (χ0) is 21.7. The van der Waals surface area contributed by atoms with Crippen molar-refractivity contribution >= 4 is 17.6 Å². The summed E-state index contributed by atoms with van der Waals surface area (Å²) in [4.78, 5) is 13.7. The van der Waals surface area contributed by atoms with Crippen LogP contribution in [0.1, 0.15) is 47.7 Å². The Hall–Kier alpha value is -3.19. The maximum absolute atomic E-state index is 11.6. The summed E-state index contributed by atoms with van der Waals surface area (Å²) in [6, 6.07) is 12.4. The quantitative estimate of drug-likeness (QED) is 0.411. The second-order valence-electron chi connectivity index (χ2n) is 7.52. The van der Waals surface area contributed by atoms with Gasteiger partial charge in [0.25, 0.3) is 0 Å². The van der Waals surface area contributed by atoms with E-state index in [9.17, 15) is 9.90 Å². The van der Waals surface area contributed by atoms with Gasteiger partial charge < -0.3 is 20.5 Å². The summed E-state index contributed by atoms with van der Waals surface area (Å²) in [5, 5.41) is 25.1. The van der Waals surface area contributed by atoms with Gasteiger partial charge >= 0.3 is 5.97 Å². The van der Waals surface area contributed by atoms with Gasteiger partial charge in [-0.2, -0.15) is 0 Å². The smallest absolute Gasteiger partial charge is 0.335 e. The molecule has 0 aromatic heterocycles. The Kier molecular flexibility index (Phi) is 6.84. The molecule has 2 aromatic carbocycles. The highest BCUT2D eigenvalue weighted by Gasteiger charge is 2.21. The Bertz CT molecular complexity index is 949. The van der Waals surface area contributed by atoms with Crippen LogP contribution in [0.4, 0.5) is 0 Å². The molecule has 1 heterocycles. The second-order valence-corrected chi connectivity index (χ2v) is 7.52. The molecule has 1 saturated heterocycles. The molecule has 0 unspecified atom stereocenters. The normalized spacial score (nSPS) is 14.5. The Balaban J connectivity index is 1.74. The number of nitrogen functional groups attached to an aromatic ring is 1. The number of nitrogens with zero attached hydrogens (tertiary/aromatic N) is 1. The van der Waals surface area contributed by atoms with Gasteiger partial charge in [-0.05, 0) is 53.8 Å². The molecule has 0 aliphatic carbocycles. The van der Waals surface area contributed by atoms with E-state index in [-0.39, 0.29) is 17.5 Å². The lowest BCUT2D eigenvalue weighted by Crippen LogP contribution is -2.40. The molecule has 0 bridgehead atoms. The average molecular weight is 409 g/mol. The first kappa shape index (κ1) is 21.5. The van der Waals surface area contributed by atoms with E-state index >= 15 is 0 Å². The number of hydrogen-bond acceptors (Lipinski definition) is 4. The molecule has 1 aliphatic heterocycles. The number of benzene rings is 2. The summed E-state index contributed by atoms with van der Waals surface area (Å²) in [6.45, 7) is 3.95. The molecule has 0 saturated carbocycles. The van der Waals surface area contributed by atoms with Gasteiger partial charge in [0.05, 0.1) is 24.1 Å². The number of ether oxygens (including phenoxy) is 1. The first-order chi connectivity index (χ1) is 14.4. The minimum absolute atomic E-state index is 0.0303. The Morgan fingerprint density at radius 1 is 1.13 bits per heavy atom. The van der Waals surface area contributed by atoms with Crippen LogP contribution in [0.5, 0.6) is 0 Å². The second kappa shape index (κ2) is 9.54. The number of piperidine rings is 1. The number of nitrogens with two attached hydrogens (primary N) is 1. The highest BCUT2D eigenvalue weighted by atomic mass is 16.5. The van der Waals surface area contributed by atoms with Crippen molar-refractivity contribution in [2.45, 2.75) is 38.9 Å². The summed E-state index contributed by atoms with van der Waals surface area (Å²) < 4.78 is 6.07. The molecular weight excluding hydrogens is 380 g/mol. The van der Waals surface area contributed by atoms with Crippen LogP contribution in [0.25, 0.3) is 11.1 Å². The lowest BCUT2D eigenvalue weighted by Gasteiger charge is -2.33. The van der Waals surface area contributed by atoms with E-state index in [4.69, 9.17) is 21.3 Å². The number of carboxylic acids is 1. The van der Waals surface area contributed by atoms with Crippen molar-refractivity contribution in [1.29, 1.82) is 10.8 Å². The molecule has 7 heteroatoms. The number of carbonyl (C=O) groups is 1. The minimum Gasteiger partial charge on any atom is -0.478 e. The van der Waals surface area contributed by atoms with E-state index in [0.717, 1.165) is 49.0 Å². The van der Waals surface area contributed by atoms with Crippen LogP contribution in [0.3, 0.4) is 0 Å². The third-order valence-corrected chi connectivity index (χ3v) is 5.39. The van der Waals surface area contributed by atoms with Crippen molar-refractivity contribution in [3.63, 3.8) is 0 Å². The van der Waals surface area contributed by atoms with E-state index in [1.165, 1.54) is 0 Å². The van der Waals surface area contributed by atoms with E-state index in [0.29, 0.717) is 18.0 Å². The molecule has 0 radical (unpaired) electrons. The van der Waals surface area contributed by atoms with E-state index in [1.807, 2.05) is 19.1 Å². The standard InChI is InChI=1S/C23H28N4O3/c1-2-21(24)27-8-6-20(7-9-27)30-14-15-10-18(13-19(11-15)23(28)29)16-4-3-5-17(12-16)22(25)26/h3-5,10-13,20,24H,2,6-9,14H2,1H3,(H3,25,26)(H,28,29). The van der Waals surface area contributed by atoms with Crippen molar-refractivity contribution in [3.8, 4) is 11.1 Å². The minimum atomic E-state index is -0.993. The Morgan fingerprint density at radius 2 is 1.83 bits per heavy atom. The monoisotopic (exact) mass is 408 g/mol. The van der Waals surface area contributed by atoms with E-state index in [1.54, 1.807) is 30.3 Å². The molecule has 5 N–H and O–H groups in total. The zero-order valence-corrected chi connectivity index (χ0v) is 17.1. The SMILES string of the molecule is CCC(=N)N1CCC(OCc2cc(C(=O)O)cc(-c3cccc(C(=N)N)c3)c2)CC1. The largest absolute Gasteiger partial charge is 0.478 e. The molecule has 0 spiro atoms. The molecule has 1 aliphatic rings. The fourth-order valence-corrected chi connectivity index (χ4v) is 3.66. The van der Waals surface area contributed by atoms with Gasteiger partial charge in [-0.3, -0.25) is 10.8 Å². The molecule has 0 atom stereocenters. The first-order valence-corrected chi connectivity index (χ1v) is 10.1. The molecule has 30 heavy (non-hydrogen) atoms. The molecule has 3 rings (SSSR count). The Morgan fingerprint density at radius 3 is 2.47 bits per heavy atom. The van der Waals surface area contributed by atoms with Crippen LogP contribution >= 0.6 is 0 Å². The van der Waals surface area contributed by atoms with Gasteiger partial charge in [-0.25, -0.2) is 4.79 Å². The van der Waals surface area contributed by atoms with Gasteiger partial charge in [-0.15, -0.1) is 0 Å². The molecule has 2 aromatic rings. The first-order valence-electron chi connectivity index (χ1n) is 10.1. The summed E-state index contributed by atoms with van der Waals surface area (Å²) in [6.07, 6.45) is 2.55. The maximum Gasteiger partial charge on any atom is 0.335 e. The van der Waals surface area contributed by atoms with Crippen LogP contribution in [-0.2, 0) is 11.3 Å². The topological polar surface area (TPSA) is 123 Å². The van der Waals surface area contributed by atoms with E-state index < -0.39 is 5.97 Å². The number of nitrogens with one attached hydrogen (secondary N) is 2. The predicted octanol–water partition coefficient (Wildman–Crippen LogP) is 3.70. The van der Waals surface area contributed by atoms with Crippen LogP contribution in [0.2, 0.25) is 0 Å². The molecule has 7 nitrogen and oxygen atoms in total. The van der Waals surface area contributed by atoms with Crippen molar-refractivity contribution in [2.75, 3.05) is 13.1 Å². The molecule has 1 fully saturated rings.